The van der Waals surface area contributed by atoms with E-state index < -0.39 is 0 Å². The van der Waals surface area contributed by atoms with Gasteiger partial charge in [0.1, 0.15) is 0 Å². The van der Waals surface area contributed by atoms with Gasteiger partial charge in [-0.15, -0.1) is 0 Å². The quantitative estimate of drug-likeness (QED) is 0.128. The van der Waals surface area contributed by atoms with Gasteiger partial charge in [-0.2, -0.15) is 0 Å². The molecular weight excluding hydrogens is 649 g/mol. The van der Waals surface area contributed by atoms with Crippen LogP contribution in [0.15, 0.2) is 206 Å². The Hall–Kier alpha value is -7.02. The molecule has 0 heterocycles. The molecular formula is C54H34. The summed E-state index contributed by atoms with van der Waals surface area (Å²) in [4.78, 5) is 0. The third-order valence-corrected chi connectivity index (χ3v) is 11.4. The molecule has 0 unspecified atom stereocenters. The van der Waals surface area contributed by atoms with Crippen LogP contribution in [0.25, 0.3) is 109 Å². The van der Waals surface area contributed by atoms with E-state index in [4.69, 9.17) is 0 Å². The zero-order valence-corrected chi connectivity index (χ0v) is 29.6. The van der Waals surface area contributed by atoms with Gasteiger partial charge in [-0.05, 0) is 133 Å². The molecule has 250 valence electrons. The topological polar surface area (TPSA) is 0 Å². The lowest BCUT2D eigenvalue weighted by molar-refractivity contribution is 1.64. The number of hydrogen-bond donors (Lipinski definition) is 0. The van der Waals surface area contributed by atoms with Crippen molar-refractivity contribution in [1.29, 1.82) is 0 Å². The van der Waals surface area contributed by atoms with E-state index in [1.54, 1.807) is 0 Å². The number of fused-ring (bicyclic) bond motifs is 9. The first-order valence-corrected chi connectivity index (χ1v) is 18.8. The second-order valence-corrected chi connectivity index (χ2v) is 14.4. The molecule has 11 rings (SSSR count). The maximum Gasteiger partial charge on any atom is -0.00139 e. The van der Waals surface area contributed by atoms with Crippen molar-refractivity contribution in [2.75, 3.05) is 0 Å². The molecule has 0 aliphatic carbocycles. The summed E-state index contributed by atoms with van der Waals surface area (Å²) in [5.41, 5.74) is 9.93. The summed E-state index contributed by atoms with van der Waals surface area (Å²) in [5.74, 6) is 0. The van der Waals surface area contributed by atoms with Crippen molar-refractivity contribution in [3.63, 3.8) is 0 Å². The molecule has 0 fully saturated rings. The fourth-order valence-corrected chi connectivity index (χ4v) is 9.03. The first kappa shape index (κ1) is 30.6. The second kappa shape index (κ2) is 12.3. The van der Waals surface area contributed by atoms with Gasteiger partial charge in [0.2, 0.25) is 0 Å². The number of hydrogen-bond acceptors (Lipinski definition) is 0. The monoisotopic (exact) mass is 682 g/mol. The van der Waals surface area contributed by atoms with E-state index >= 15 is 0 Å². The van der Waals surface area contributed by atoms with Crippen LogP contribution < -0.4 is 0 Å². The average molecular weight is 683 g/mol. The van der Waals surface area contributed by atoms with Crippen molar-refractivity contribution in [2.24, 2.45) is 0 Å². The van der Waals surface area contributed by atoms with Crippen molar-refractivity contribution in [3.05, 3.63) is 206 Å². The Morgan fingerprint density at radius 3 is 1.00 bits per heavy atom. The molecule has 0 aliphatic heterocycles. The van der Waals surface area contributed by atoms with Gasteiger partial charge >= 0.3 is 0 Å². The van der Waals surface area contributed by atoms with E-state index in [0.717, 1.165) is 0 Å². The Kier molecular flexibility index (Phi) is 6.97. The molecule has 11 aromatic rings. The zero-order chi connectivity index (χ0) is 35.6. The highest BCUT2D eigenvalue weighted by Gasteiger charge is 2.22. The average Bonchev–Trinajstić information content (AvgIpc) is 3.25. The van der Waals surface area contributed by atoms with Gasteiger partial charge in [-0.1, -0.05) is 182 Å². The van der Waals surface area contributed by atoms with Gasteiger partial charge in [-0.3, -0.25) is 0 Å². The molecule has 0 aliphatic rings. The van der Waals surface area contributed by atoms with E-state index in [0.29, 0.717) is 0 Å². The second-order valence-electron chi connectivity index (χ2n) is 14.4. The van der Waals surface area contributed by atoms with E-state index in [1.165, 1.54) is 109 Å². The fourth-order valence-electron chi connectivity index (χ4n) is 9.03. The molecule has 0 saturated heterocycles. The lowest BCUT2D eigenvalue weighted by Crippen LogP contribution is -1.94. The Morgan fingerprint density at radius 2 is 0.537 bits per heavy atom. The van der Waals surface area contributed by atoms with E-state index in [1.807, 2.05) is 0 Å². The van der Waals surface area contributed by atoms with Crippen LogP contribution in [0.2, 0.25) is 0 Å². The summed E-state index contributed by atoms with van der Waals surface area (Å²) in [6.45, 7) is 0. The summed E-state index contributed by atoms with van der Waals surface area (Å²) in [7, 11) is 0. The highest BCUT2D eigenvalue weighted by Crippen LogP contribution is 2.50. The van der Waals surface area contributed by atoms with Crippen LogP contribution in [0.5, 0.6) is 0 Å². The van der Waals surface area contributed by atoms with Crippen LogP contribution in [0.3, 0.4) is 0 Å². The Bertz CT molecular complexity index is 3220. The SMILES string of the molecule is c1ccc(-c2c3ccccc3c(-c3ccccc3)c3cc4c(cc23)c2cc3ccccc3cc2c2c(-c3ccccc3)ccc(-c3ccccc3)c42)cc1. The lowest BCUT2D eigenvalue weighted by atomic mass is 9.81. The fraction of sp³-hybridized carbons (Fsp3) is 0. The molecule has 0 atom stereocenters. The van der Waals surface area contributed by atoms with Gasteiger partial charge in [0.15, 0.2) is 0 Å². The Morgan fingerprint density at radius 1 is 0.204 bits per heavy atom. The predicted octanol–water partition coefficient (Wildman–Crippen LogP) is 15.3. The van der Waals surface area contributed by atoms with E-state index in [2.05, 4.69) is 206 Å². The number of benzene rings is 11. The minimum absolute atomic E-state index is 1.22. The third-order valence-electron chi connectivity index (χ3n) is 11.4. The summed E-state index contributed by atoms with van der Waals surface area (Å²) in [5, 5.41) is 15.2. The molecule has 0 bridgehead atoms. The Labute approximate surface area is 314 Å². The maximum atomic E-state index is 2.53. The van der Waals surface area contributed by atoms with Crippen LogP contribution in [-0.4, -0.2) is 0 Å². The molecule has 0 aromatic heterocycles. The minimum Gasteiger partial charge on any atom is -0.0622 e. The largest absolute Gasteiger partial charge is 0.0622 e. The minimum atomic E-state index is 1.22. The lowest BCUT2D eigenvalue weighted by Gasteiger charge is -2.22. The predicted molar refractivity (Wildman–Crippen MR) is 233 cm³/mol. The smallest absolute Gasteiger partial charge is 0.00139 e. The third kappa shape index (κ3) is 4.71. The highest BCUT2D eigenvalue weighted by molar-refractivity contribution is 6.36. The van der Waals surface area contributed by atoms with Crippen molar-refractivity contribution < 1.29 is 0 Å². The van der Waals surface area contributed by atoms with Gasteiger partial charge < -0.3 is 0 Å². The summed E-state index contributed by atoms with van der Waals surface area (Å²) in [6.07, 6.45) is 0. The molecule has 0 heteroatoms. The van der Waals surface area contributed by atoms with Gasteiger partial charge in [0.05, 0.1) is 0 Å². The molecule has 0 saturated carbocycles. The molecule has 0 radical (unpaired) electrons. The molecule has 0 nitrogen and oxygen atoms in total. The van der Waals surface area contributed by atoms with Gasteiger partial charge in [0.25, 0.3) is 0 Å². The van der Waals surface area contributed by atoms with Crippen molar-refractivity contribution in [3.8, 4) is 44.5 Å². The highest BCUT2D eigenvalue weighted by atomic mass is 14.2. The van der Waals surface area contributed by atoms with E-state index in [-0.39, 0.29) is 0 Å². The zero-order valence-electron chi connectivity index (χ0n) is 29.6. The van der Waals surface area contributed by atoms with Crippen LogP contribution in [0.1, 0.15) is 0 Å². The molecule has 0 amide bonds. The van der Waals surface area contributed by atoms with E-state index in [9.17, 15) is 0 Å². The number of rotatable bonds is 4. The molecule has 54 heavy (non-hydrogen) atoms. The first-order chi connectivity index (χ1) is 26.8. The van der Waals surface area contributed by atoms with Gasteiger partial charge in [0, 0.05) is 0 Å². The first-order valence-electron chi connectivity index (χ1n) is 18.8. The summed E-state index contributed by atoms with van der Waals surface area (Å²) in [6, 6.07) is 76.2. The maximum absolute atomic E-state index is 2.53. The summed E-state index contributed by atoms with van der Waals surface area (Å²) >= 11 is 0. The Balaban J connectivity index is 1.45. The van der Waals surface area contributed by atoms with Crippen molar-refractivity contribution in [1.82, 2.24) is 0 Å². The van der Waals surface area contributed by atoms with Crippen LogP contribution in [-0.2, 0) is 0 Å². The summed E-state index contributed by atoms with van der Waals surface area (Å²) < 4.78 is 0. The van der Waals surface area contributed by atoms with Crippen molar-refractivity contribution in [2.45, 2.75) is 0 Å². The van der Waals surface area contributed by atoms with Crippen molar-refractivity contribution >= 4 is 64.6 Å². The molecule has 11 aromatic carbocycles. The molecule has 0 N–H and O–H groups in total. The van der Waals surface area contributed by atoms with Crippen LogP contribution >= 0.6 is 0 Å². The van der Waals surface area contributed by atoms with Gasteiger partial charge in [-0.25, -0.2) is 0 Å². The van der Waals surface area contributed by atoms with Crippen LogP contribution in [0, 0.1) is 0 Å². The standard InChI is InChI=1S/C54H34/c1-5-17-35(18-6-1)41-29-30-42(36-19-7-2-8-20-36)54-48-34-50-49(33-46(48)45-31-39-25-13-14-26-40(39)32-47(45)53(41)54)51(37-21-9-3-10-22-37)43-27-15-16-28-44(43)52(50)38-23-11-4-12-24-38/h1-34H. The normalized spacial score (nSPS) is 11.7. The van der Waals surface area contributed by atoms with Crippen LogP contribution in [0.4, 0.5) is 0 Å². The molecule has 0 spiro atoms.